The third-order valence-corrected chi connectivity index (χ3v) is 2.26. The highest BCUT2D eigenvalue weighted by Gasteiger charge is 2.09. The monoisotopic (exact) mass is 236 g/mol. The number of aromatic nitrogens is 1. The number of amidine groups is 1. The van der Waals surface area contributed by atoms with Crippen LogP contribution in [-0.2, 0) is 0 Å². The molecule has 0 radical (unpaired) electrons. The van der Waals surface area contributed by atoms with Crippen LogP contribution in [0.15, 0.2) is 17.3 Å². The Labute approximate surface area is 99.5 Å². The number of nitrogens with two attached hydrogens (primary N) is 1. The summed E-state index contributed by atoms with van der Waals surface area (Å²) < 4.78 is 0. The molecule has 1 heterocycles. The van der Waals surface area contributed by atoms with Crippen molar-refractivity contribution in [2.75, 3.05) is 6.54 Å². The van der Waals surface area contributed by atoms with Crippen LogP contribution in [0.4, 0.5) is 0 Å². The number of nitrogens with zero attached hydrogens (tertiary/aromatic N) is 2. The molecule has 17 heavy (non-hydrogen) atoms. The van der Waals surface area contributed by atoms with Crippen molar-refractivity contribution in [2.24, 2.45) is 10.9 Å². The zero-order valence-electron chi connectivity index (χ0n) is 9.90. The van der Waals surface area contributed by atoms with E-state index in [-0.39, 0.29) is 11.7 Å². The van der Waals surface area contributed by atoms with Crippen LogP contribution in [0.2, 0.25) is 0 Å². The molecule has 6 heteroatoms. The molecule has 0 saturated carbocycles. The molecular formula is C11H16N4O2. The predicted molar refractivity (Wildman–Crippen MR) is 64.1 cm³/mol. The molecule has 1 aromatic rings. The van der Waals surface area contributed by atoms with E-state index in [0.29, 0.717) is 24.2 Å². The van der Waals surface area contributed by atoms with Gasteiger partial charge in [0.05, 0.1) is 11.3 Å². The lowest BCUT2D eigenvalue weighted by molar-refractivity contribution is 0.0953. The minimum atomic E-state index is -0.208. The molecule has 1 amide bonds. The molecule has 0 saturated heterocycles. The van der Waals surface area contributed by atoms with Gasteiger partial charge in [0, 0.05) is 18.7 Å². The summed E-state index contributed by atoms with van der Waals surface area (Å²) in [6.45, 7) is 3.97. The first-order valence-electron chi connectivity index (χ1n) is 5.23. The molecule has 0 aliphatic heterocycles. The molecule has 0 spiro atoms. The number of carbonyl (C=O) groups is 1. The van der Waals surface area contributed by atoms with E-state index in [1.807, 2.05) is 6.92 Å². The number of amides is 1. The number of hydrogen-bond acceptors (Lipinski definition) is 4. The molecule has 0 aromatic carbocycles. The summed E-state index contributed by atoms with van der Waals surface area (Å²) in [5, 5.41) is 13.8. The second-order valence-corrected chi connectivity index (χ2v) is 3.68. The summed E-state index contributed by atoms with van der Waals surface area (Å²) in [5.41, 5.74) is 7.38. The number of pyridine rings is 1. The topological polar surface area (TPSA) is 101 Å². The van der Waals surface area contributed by atoms with Crippen molar-refractivity contribution >= 4 is 11.7 Å². The number of hydrogen-bond donors (Lipinski definition) is 3. The van der Waals surface area contributed by atoms with Crippen LogP contribution in [0, 0.1) is 13.8 Å². The minimum Gasteiger partial charge on any atom is -0.409 e. The van der Waals surface area contributed by atoms with E-state index in [0.717, 1.165) is 5.69 Å². The van der Waals surface area contributed by atoms with Crippen LogP contribution in [0.3, 0.4) is 0 Å². The minimum absolute atomic E-state index is 0.0871. The second-order valence-electron chi connectivity index (χ2n) is 3.68. The fraction of sp³-hybridized carbons (Fsp3) is 0.364. The van der Waals surface area contributed by atoms with Gasteiger partial charge in [-0.2, -0.15) is 0 Å². The van der Waals surface area contributed by atoms with E-state index < -0.39 is 0 Å². The van der Waals surface area contributed by atoms with Gasteiger partial charge in [-0.25, -0.2) is 0 Å². The van der Waals surface area contributed by atoms with Crippen molar-refractivity contribution in [3.05, 3.63) is 29.1 Å². The number of rotatable bonds is 4. The number of nitrogens with one attached hydrogen (secondary N) is 1. The number of oxime groups is 1. The van der Waals surface area contributed by atoms with Gasteiger partial charge in [-0.15, -0.1) is 0 Å². The van der Waals surface area contributed by atoms with Gasteiger partial charge in [-0.05, 0) is 26.0 Å². The maximum absolute atomic E-state index is 11.8. The second kappa shape index (κ2) is 5.83. The summed E-state index contributed by atoms with van der Waals surface area (Å²) in [7, 11) is 0. The first-order valence-corrected chi connectivity index (χ1v) is 5.23. The normalized spacial score (nSPS) is 11.3. The fourth-order valence-electron chi connectivity index (χ4n) is 1.38. The highest BCUT2D eigenvalue weighted by atomic mass is 16.4. The molecule has 0 aliphatic rings. The molecule has 0 fully saturated rings. The first kappa shape index (κ1) is 13.0. The Morgan fingerprint density at radius 3 is 2.82 bits per heavy atom. The van der Waals surface area contributed by atoms with Gasteiger partial charge in [0.1, 0.15) is 5.84 Å². The smallest absolute Gasteiger partial charge is 0.253 e. The van der Waals surface area contributed by atoms with E-state index in [1.54, 1.807) is 19.1 Å². The zero-order chi connectivity index (χ0) is 12.8. The summed E-state index contributed by atoms with van der Waals surface area (Å²) in [5.74, 6) is -0.121. The van der Waals surface area contributed by atoms with Gasteiger partial charge < -0.3 is 16.3 Å². The largest absolute Gasteiger partial charge is 0.409 e. The van der Waals surface area contributed by atoms with E-state index >= 15 is 0 Å². The van der Waals surface area contributed by atoms with E-state index in [1.165, 1.54) is 0 Å². The van der Waals surface area contributed by atoms with Gasteiger partial charge in [0.25, 0.3) is 5.91 Å². The maximum atomic E-state index is 11.8. The lowest BCUT2D eigenvalue weighted by Gasteiger charge is -2.07. The molecule has 4 N–H and O–H groups in total. The molecular weight excluding hydrogens is 220 g/mol. The van der Waals surface area contributed by atoms with Crippen LogP contribution in [0.25, 0.3) is 0 Å². The van der Waals surface area contributed by atoms with Crippen molar-refractivity contribution in [1.82, 2.24) is 10.3 Å². The fourth-order valence-corrected chi connectivity index (χ4v) is 1.38. The van der Waals surface area contributed by atoms with Crippen LogP contribution in [-0.4, -0.2) is 28.5 Å². The van der Waals surface area contributed by atoms with Crippen molar-refractivity contribution in [3.8, 4) is 0 Å². The number of aryl methyl sites for hydroxylation is 2. The maximum Gasteiger partial charge on any atom is 0.253 e. The van der Waals surface area contributed by atoms with Gasteiger partial charge in [-0.3, -0.25) is 9.78 Å². The Morgan fingerprint density at radius 2 is 2.24 bits per heavy atom. The molecule has 0 unspecified atom stereocenters. The average molecular weight is 236 g/mol. The summed E-state index contributed by atoms with van der Waals surface area (Å²) in [4.78, 5) is 16.0. The van der Waals surface area contributed by atoms with Crippen LogP contribution >= 0.6 is 0 Å². The third-order valence-electron chi connectivity index (χ3n) is 2.26. The summed E-state index contributed by atoms with van der Waals surface area (Å²) in [6.07, 6.45) is 0.306. The third kappa shape index (κ3) is 3.75. The Bertz CT molecular complexity index is 443. The van der Waals surface area contributed by atoms with Crippen molar-refractivity contribution in [3.63, 3.8) is 0 Å². The van der Waals surface area contributed by atoms with Crippen molar-refractivity contribution in [1.29, 1.82) is 0 Å². The van der Waals surface area contributed by atoms with Gasteiger partial charge >= 0.3 is 0 Å². The van der Waals surface area contributed by atoms with Gasteiger partial charge in [-0.1, -0.05) is 5.16 Å². The Hall–Kier alpha value is -2.11. The molecule has 0 bridgehead atoms. The standard InChI is InChI=1S/C11H16N4O2/c1-7-3-4-9(8(2)14-7)11(16)13-6-5-10(12)15-17/h3-4,17H,5-6H2,1-2H3,(H2,12,15)(H,13,16). The Morgan fingerprint density at radius 1 is 1.53 bits per heavy atom. The van der Waals surface area contributed by atoms with E-state index in [2.05, 4.69) is 15.5 Å². The van der Waals surface area contributed by atoms with Gasteiger partial charge in [0.15, 0.2) is 0 Å². The average Bonchev–Trinajstić information content (AvgIpc) is 2.28. The van der Waals surface area contributed by atoms with Crippen LogP contribution in [0.5, 0.6) is 0 Å². The quantitative estimate of drug-likeness (QED) is 0.308. The van der Waals surface area contributed by atoms with E-state index in [4.69, 9.17) is 10.9 Å². The Balaban J connectivity index is 2.58. The van der Waals surface area contributed by atoms with Crippen LogP contribution < -0.4 is 11.1 Å². The molecule has 1 rings (SSSR count). The summed E-state index contributed by atoms with van der Waals surface area (Å²) >= 11 is 0. The lowest BCUT2D eigenvalue weighted by atomic mass is 10.1. The van der Waals surface area contributed by atoms with E-state index in [9.17, 15) is 4.79 Å². The number of carbonyl (C=O) groups excluding carboxylic acids is 1. The molecule has 0 atom stereocenters. The predicted octanol–water partition coefficient (Wildman–Crippen LogP) is 0.565. The zero-order valence-corrected chi connectivity index (χ0v) is 9.90. The van der Waals surface area contributed by atoms with Gasteiger partial charge in [0.2, 0.25) is 0 Å². The van der Waals surface area contributed by atoms with Crippen molar-refractivity contribution < 1.29 is 10.0 Å². The highest BCUT2D eigenvalue weighted by Crippen LogP contribution is 2.05. The summed E-state index contributed by atoms with van der Waals surface area (Å²) in [6, 6.07) is 3.52. The lowest BCUT2D eigenvalue weighted by Crippen LogP contribution is -2.28. The molecule has 6 nitrogen and oxygen atoms in total. The molecule has 0 aliphatic carbocycles. The van der Waals surface area contributed by atoms with Crippen LogP contribution in [0.1, 0.15) is 28.2 Å². The molecule has 92 valence electrons. The highest BCUT2D eigenvalue weighted by molar-refractivity contribution is 5.95. The Kier molecular flexibility index (Phi) is 4.45. The first-order chi connectivity index (χ1) is 8.04. The molecule has 1 aromatic heterocycles. The van der Waals surface area contributed by atoms with Crippen molar-refractivity contribution in [2.45, 2.75) is 20.3 Å². The SMILES string of the molecule is Cc1ccc(C(=O)NCC/C(N)=N/O)c(C)n1.